The molecule has 6 atom stereocenters. The molecule has 0 aromatic carbocycles. The zero-order valence-corrected chi connectivity index (χ0v) is 16.9. The summed E-state index contributed by atoms with van der Waals surface area (Å²) in [6.45, 7) is 5.55. The van der Waals surface area contributed by atoms with Gasteiger partial charge in [-0.1, -0.05) is 0 Å². The van der Waals surface area contributed by atoms with Gasteiger partial charge >= 0.3 is 11.9 Å². The van der Waals surface area contributed by atoms with E-state index in [2.05, 4.69) is 10.3 Å². The number of hydrogen-bond donors (Lipinski definition) is 4. The number of nitrogens with zero attached hydrogens (tertiary/aromatic N) is 2. The number of amides is 1. The van der Waals surface area contributed by atoms with Crippen molar-refractivity contribution in [1.82, 2.24) is 10.2 Å². The van der Waals surface area contributed by atoms with Gasteiger partial charge in [-0.15, -0.1) is 0 Å². The van der Waals surface area contributed by atoms with Crippen LogP contribution in [0.1, 0.15) is 34.1 Å². The Bertz CT molecular complexity index is 638. The first-order chi connectivity index (χ1) is 12.8. The predicted molar refractivity (Wildman–Crippen MR) is 97.5 cm³/mol. The van der Waals surface area contributed by atoms with Crippen LogP contribution < -0.4 is 5.32 Å². The maximum absolute atomic E-state index is 11.7. The van der Waals surface area contributed by atoms with Crippen LogP contribution in [-0.2, 0) is 23.9 Å². The van der Waals surface area contributed by atoms with Crippen LogP contribution in [0, 0.1) is 0 Å². The number of nitrogens with one attached hydrogen (secondary N) is 1. The Morgan fingerprint density at radius 3 is 2.29 bits per heavy atom. The van der Waals surface area contributed by atoms with Crippen LogP contribution in [-0.4, -0.2) is 94.2 Å². The van der Waals surface area contributed by atoms with Gasteiger partial charge in [0, 0.05) is 34.4 Å². The Kier molecular flexibility index (Phi) is 7.91. The number of aliphatic imine (C=N–C) groups is 1. The first kappa shape index (κ1) is 23.8. The van der Waals surface area contributed by atoms with E-state index in [1.54, 1.807) is 25.9 Å². The second kappa shape index (κ2) is 9.30. The Morgan fingerprint density at radius 1 is 1.29 bits per heavy atom. The first-order valence-electron chi connectivity index (χ1n) is 8.76. The van der Waals surface area contributed by atoms with Crippen molar-refractivity contribution in [2.75, 3.05) is 14.1 Å². The number of carboxylic acids is 1. The fraction of sp³-hybridized carbons (Fsp3) is 0.765. The van der Waals surface area contributed by atoms with Crippen LogP contribution in [0.25, 0.3) is 0 Å². The molecule has 0 aromatic heterocycles. The molecule has 28 heavy (non-hydrogen) atoms. The summed E-state index contributed by atoms with van der Waals surface area (Å²) in [6.07, 6.45) is -4.26. The minimum absolute atomic E-state index is 0.500. The maximum atomic E-state index is 11.7. The van der Waals surface area contributed by atoms with Crippen LogP contribution in [0.15, 0.2) is 4.99 Å². The van der Waals surface area contributed by atoms with E-state index in [1.165, 1.54) is 20.8 Å². The molecule has 1 fully saturated rings. The molecule has 1 aliphatic rings. The smallest absolute Gasteiger partial charge is 0.364 e. The number of ether oxygens (including phenoxy) is 2. The third-order valence-corrected chi connectivity index (χ3v) is 4.45. The molecule has 0 spiro atoms. The molecule has 1 rings (SSSR count). The summed E-state index contributed by atoms with van der Waals surface area (Å²) in [7, 11) is 3.45. The van der Waals surface area contributed by atoms with Gasteiger partial charge in [0.15, 0.2) is 0 Å². The molecule has 11 heteroatoms. The maximum Gasteiger partial charge on any atom is 0.364 e. The van der Waals surface area contributed by atoms with Crippen LogP contribution in [0.4, 0.5) is 0 Å². The Labute approximate surface area is 163 Å². The fourth-order valence-corrected chi connectivity index (χ4v) is 2.92. The van der Waals surface area contributed by atoms with E-state index in [0.717, 1.165) is 0 Å². The van der Waals surface area contributed by atoms with E-state index < -0.39 is 60.4 Å². The van der Waals surface area contributed by atoms with Gasteiger partial charge in [0.25, 0.3) is 5.79 Å². The summed E-state index contributed by atoms with van der Waals surface area (Å²) < 4.78 is 10.6. The van der Waals surface area contributed by atoms with Gasteiger partial charge in [0.05, 0.1) is 18.0 Å². The van der Waals surface area contributed by atoms with Gasteiger partial charge in [-0.2, -0.15) is 0 Å². The lowest BCUT2D eigenvalue weighted by Crippen LogP contribution is -2.65. The van der Waals surface area contributed by atoms with E-state index in [0.29, 0.717) is 5.84 Å². The number of esters is 1. The molecule has 11 nitrogen and oxygen atoms in total. The quantitative estimate of drug-likeness (QED) is 0.241. The summed E-state index contributed by atoms with van der Waals surface area (Å²) >= 11 is 0. The van der Waals surface area contributed by atoms with E-state index in [9.17, 15) is 29.7 Å². The highest BCUT2D eigenvalue weighted by atomic mass is 16.7. The van der Waals surface area contributed by atoms with E-state index in [4.69, 9.17) is 9.47 Å². The fourth-order valence-electron chi connectivity index (χ4n) is 2.92. The van der Waals surface area contributed by atoms with Gasteiger partial charge in [-0.3, -0.25) is 14.6 Å². The molecular formula is C17H29N3O8. The second-order valence-electron chi connectivity index (χ2n) is 7.05. The SMILES string of the molecule is CC(=O)N[C@@H]([C@@H]1O[C@](O)(C(=O)O)C[C@H](O)[C@H]1N=C(C)N(C)C)[C@@H](C)OC(C)=O. The third-order valence-electron chi connectivity index (χ3n) is 4.45. The Morgan fingerprint density at radius 2 is 1.86 bits per heavy atom. The summed E-state index contributed by atoms with van der Waals surface area (Å²) in [4.78, 5) is 40.6. The third kappa shape index (κ3) is 5.88. The standard InChI is InChI=1S/C17H29N3O8/c1-8(27-11(4)22)13(19-10(3)21)15-14(18-9(2)20(5)6)12(23)7-17(26,28-15)16(24)25/h8,12-15,23,26H,7H2,1-6H3,(H,19,21)(H,24,25)/t8-,12+,13-,14-,15+,17+/m1/s1. The largest absolute Gasteiger partial charge is 0.477 e. The normalized spacial score (nSPS) is 30.1. The molecule has 1 aliphatic heterocycles. The number of aliphatic hydroxyl groups excluding tert-OH is 1. The van der Waals surface area contributed by atoms with E-state index in [1.807, 2.05) is 0 Å². The molecule has 0 radical (unpaired) electrons. The van der Waals surface area contributed by atoms with Crippen LogP contribution in [0.2, 0.25) is 0 Å². The topological polar surface area (TPSA) is 158 Å². The minimum atomic E-state index is -2.69. The molecule has 0 aliphatic carbocycles. The highest BCUT2D eigenvalue weighted by Gasteiger charge is 2.54. The molecule has 1 saturated heterocycles. The van der Waals surface area contributed by atoms with Crippen molar-refractivity contribution in [3.05, 3.63) is 0 Å². The van der Waals surface area contributed by atoms with Crippen LogP contribution >= 0.6 is 0 Å². The summed E-state index contributed by atoms with van der Waals surface area (Å²) in [5, 5.41) is 32.8. The van der Waals surface area contributed by atoms with Crippen molar-refractivity contribution >= 4 is 23.7 Å². The molecule has 4 N–H and O–H groups in total. The number of carbonyl (C=O) groups excluding carboxylic acids is 2. The molecule has 1 amide bonds. The van der Waals surface area contributed by atoms with Crippen molar-refractivity contribution < 1.29 is 39.2 Å². The summed E-state index contributed by atoms with van der Waals surface area (Å²) in [5.41, 5.74) is 0. The number of carbonyl (C=O) groups is 3. The highest BCUT2D eigenvalue weighted by Crippen LogP contribution is 2.32. The number of rotatable bonds is 6. The monoisotopic (exact) mass is 403 g/mol. The zero-order chi connectivity index (χ0) is 21.8. The zero-order valence-electron chi connectivity index (χ0n) is 16.9. The molecule has 0 aromatic rings. The lowest BCUT2D eigenvalue weighted by atomic mass is 9.87. The van der Waals surface area contributed by atoms with Gasteiger partial charge < -0.3 is 35.0 Å². The molecule has 1 heterocycles. The number of amidine groups is 1. The Balaban J connectivity index is 3.43. The van der Waals surface area contributed by atoms with Gasteiger partial charge in [-0.05, 0) is 13.8 Å². The molecule has 0 unspecified atom stereocenters. The average molecular weight is 403 g/mol. The average Bonchev–Trinajstić information content (AvgIpc) is 2.53. The molecule has 0 saturated carbocycles. The lowest BCUT2D eigenvalue weighted by Gasteiger charge is -2.45. The predicted octanol–water partition coefficient (Wildman–Crippen LogP) is -1.29. The van der Waals surface area contributed by atoms with E-state index in [-0.39, 0.29) is 0 Å². The van der Waals surface area contributed by atoms with Crippen molar-refractivity contribution in [1.29, 1.82) is 0 Å². The van der Waals surface area contributed by atoms with Crippen molar-refractivity contribution in [2.45, 2.75) is 70.3 Å². The number of aliphatic hydroxyl groups is 2. The van der Waals surface area contributed by atoms with E-state index >= 15 is 0 Å². The first-order valence-corrected chi connectivity index (χ1v) is 8.76. The summed E-state index contributed by atoms with van der Waals surface area (Å²) in [6, 6.07) is -2.11. The van der Waals surface area contributed by atoms with Crippen molar-refractivity contribution in [3.8, 4) is 0 Å². The van der Waals surface area contributed by atoms with Crippen LogP contribution in [0.5, 0.6) is 0 Å². The van der Waals surface area contributed by atoms with Crippen molar-refractivity contribution in [3.63, 3.8) is 0 Å². The van der Waals surface area contributed by atoms with Gasteiger partial charge in [0.1, 0.15) is 18.2 Å². The molecule has 160 valence electrons. The molecular weight excluding hydrogens is 374 g/mol. The highest BCUT2D eigenvalue weighted by molar-refractivity contribution is 5.79. The summed E-state index contributed by atoms with van der Waals surface area (Å²) in [5.74, 6) is -5.00. The van der Waals surface area contributed by atoms with Crippen molar-refractivity contribution in [2.24, 2.45) is 4.99 Å². The van der Waals surface area contributed by atoms with Crippen LogP contribution in [0.3, 0.4) is 0 Å². The second-order valence-corrected chi connectivity index (χ2v) is 7.05. The number of carboxylic acid groups (broad SMARTS) is 1. The van der Waals surface area contributed by atoms with Gasteiger partial charge in [-0.25, -0.2) is 4.79 Å². The number of hydrogen-bond acceptors (Lipinski definition) is 8. The lowest BCUT2D eigenvalue weighted by molar-refractivity contribution is -0.281. The molecule has 0 bridgehead atoms. The van der Waals surface area contributed by atoms with Gasteiger partial charge in [0.2, 0.25) is 5.91 Å². The Hall–Kier alpha value is -2.24. The minimum Gasteiger partial charge on any atom is -0.477 e. The number of aliphatic carboxylic acids is 1.